The quantitative estimate of drug-likeness (QED) is 0.0969. The van der Waals surface area contributed by atoms with E-state index in [-0.39, 0.29) is 36.2 Å². The zero-order valence-electron chi connectivity index (χ0n) is 42.1. The highest BCUT2D eigenvalue weighted by Gasteiger charge is 2.44. The Labute approximate surface area is 425 Å². The van der Waals surface area contributed by atoms with Crippen molar-refractivity contribution in [3.05, 3.63) is 118 Å². The SMILES string of the molecule is Cc1ccc(-c2c(C)noc2C)cc1N(CCCC1CCN(CC(=O)N[C@H](C(=O)N2C[C@H](C)C[C@H]2C(=O)N[C@@H](C)c2ccc(-c3scnc3C)cc2)C(C)(C)C)CC1)c1ccc(-n2ccnc2)c(Br)c1. The number of nitrogens with zero attached hydrogens (tertiary/aromatic N) is 7. The Balaban J connectivity index is 0.864. The molecule has 370 valence electrons. The lowest BCUT2D eigenvalue weighted by Gasteiger charge is -2.37. The molecular weight excluding hydrogens is 963 g/mol. The lowest BCUT2D eigenvalue weighted by Crippen LogP contribution is -2.59. The molecule has 6 aromatic rings. The molecule has 0 bridgehead atoms. The van der Waals surface area contributed by atoms with Gasteiger partial charge < -0.3 is 29.5 Å². The van der Waals surface area contributed by atoms with Crippen LogP contribution in [0.4, 0.5) is 11.4 Å². The number of carbonyl (C=O) groups is 3. The molecule has 2 aliphatic rings. The van der Waals surface area contributed by atoms with Crippen LogP contribution in [0.1, 0.15) is 101 Å². The second-order valence-corrected chi connectivity index (χ2v) is 22.4. The third-order valence-corrected chi connectivity index (χ3v) is 15.8. The molecule has 0 saturated carbocycles. The third-order valence-electron chi connectivity index (χ3n) is 14.2. The van der Waals surface area contributed by atoms with Crippen LogP contribution in [0.3, 0.4) is 0 Å². The first-order valence-corrected chi connectivity index (χ1v) is 26.3. The fourth-order valence-electron chi connectivity index (χ4n) is 10.2. The van der Waals surface area contributed by atoms with Gasteiger partial charge in [-0.05, 0) is 160 Å². The fourth-order valence-corrected chi connectivity index (χ4v) is 11.6. The number of rotatable bonds is 16. The monoisotopic (exact) mass is 1030 g/mol. The van der Waals surface area contributed by atoms with Crippen molar-refractivity contribution in [2.24, 2.45) is 17.3 Å². The Bertz CT molecular complexity index is 2750. The molecule has 3 amide bonds. The number of carbonyl (C=O) groups excluding carboxylic acids is 3. The molecule has 0 spiro atoms. The van der Waals surface area contributed by atoms with E-state index in [1.165, 1.54) is 5.56 Å². The summed E-state index contributed by atoms with van der Waals surface area (Å²) in [7, 11) is 0. The maximum absolute atomic E-state index is 14.5. The highest BCUT2D eigenvalue weighted by Crippen LogP contribution is 2.38. The van der Waals surface area contributed by atoms with Crippen LogP contribution in [0.15, 0.2) is 93.9 Å². The standard InChI is InChI=1S/C55H68BrN9O4S/c1-34-27-48(53(67)59-36(3)41-14-16-42(17-15-41)51-38(5)58-33-70-51)65(30-34)54(68)52(55(7,8)9)60-49(66)31-62-24-20-40(21-25-62)11-10-23-64(44-18-19-46(45(56)29-44)63-26-22-57-32-63)47-28-43(13-12-35(47)2)50-37(4)61-69-39(50)6/h12-19,22,26,28-29,32-34,36,40,48,52H,10-11,20-21,23-25,27,30-31H2,1-9H3,(H,59,67)(H,60,66)/t34-,36+,48+,52-/m1/s1. The number of aromatic nitrogens is 4. The number of thiazole rings is 1. The number of aryl methyl sites for hydroxylation is 4. The molecule has 2 fully saturated rings. The highest BCUT2D eigenvalue weighted by atomic mass is 79.9. The Hall–Kier alpha value is -5.64. The molecule has 15 heteroatoms. The topological polar surface area (TPSA) is 142 Å². The molecule has 5 heterocycles. The summed E-state index contributed by atoms with van der Waals surface area (Å²) in [6, 6.07) is 19.7. The molecule has 3 aromatic heterocycles. The van der Waals surface area contributed by atoms with E-state index in [4.69, 9.17) is 4.52 Å². The minimum Gasteiger partial charge on any atom is -0.361 e. The van der Waals surface area contributed by atoms with Gasteiger partial charge in [0.25, 0.3) is 0 Å². The van der Waals surface area contributed by atoms with Crippen LogP contribution in [0.2, 0.25) is 0 Å². The molecule has 2 saturated heterocycles. The molecule has 4 atom stereocenters. The molecule has 2 N–H and O–H groups in total. The first-order valence-electron chi connectivity index (χ1n) is 24.7. The summed E-state index contributed by atoms with van der Waals surface area (Å²) in [6.07, 6.45) is 10.1. The third kappa shape index (κ3) is 11.6. The minimum absolute atomic E-state index is 0.147. The highest BCUT2D eigenvalue weighted by molar-refractivity contribution is 9.10. The fraction of sp³-hybridized carbons (Fsp3) is 0.455. The lowest BCUT2D eigenvalue weighted by molar-refractivity contribution is -0.144. The van der Waals surface area contributed by atoms with Crippen molar-refractivity contribution in [2.75, 3.05) is 37.6 Å². The van der Waals surface area contributed by atoms with Crippen molar-refractivity contribution < 1.29 is 18.9 Å². The van der Waals surface area contributed by atoms with E-state index in [9.17, 15) is 14.4 Å². The van der Waals surface area contributed by atoms with E-state index < -0.39 is 17.5 Å². The molecule has 2 aliphatic heterocycles. The maximum atomic E-state index is 14.5. The van der Waals surface area contributed by atoms with Gasteiger partial charge in [-0.15, -0.1) is 11.3 Å². The number of piperidine rings is 1. The Kier molecular flexibility index (Phi) is 15.8. The molecule has 70 heavy (non-hydrogen) atoms. The van der Waals surface area contributed by atoms with E-state index in [2.05, 4.69) is 114 Å². The van der Waals surface area contributed by atoms with Crippen LogP contribution in [-0.4, -0.2) is 92.0 Å². The number of imidazole rings is 1. The van der Waals surface area contributed by atoms with Gasteiger partial charge in [-0.1, -0.05) is 69.2 Å². The van der Waals surface area contributed by atoms with E-state index in [1.807, 2.05) is 76.9 Å². The van der Waals surface area contributed by atoms with E-state index in [1.54, 1.807) is 28.8 Å². The van der Waals surface area contributed by atoms with E-state index in [0.717, 1.165) is 111 Å². The Morgan fingerprint density at radius 2 is 1.70 bits per heavy atom. The van der Waals surface area contributed by atoms with Crippen molar-refractivity contribution >= 4 is 56.4 Å². The predicted octanol–water partition coefficient (Wildman–Crippen LogP) is 10.9. The van der Waals surface area contributed by atoms with Crippen LogP contribution in [0, 0.1) is 44.9 Å². The van der Waals surface area contributed by atoms with Gasteiger partial charge in [0.1, 0.15) is 17.8 Å². The summed E-state index contributed by atoms with van der Waals surface area (Å²) in [4.78, 5) is 58.3. The average Bonchev–Trinajstić information content (AvgIpc) is 4.16. The smallest absolute Gasteiger partial charge is 0.246 e. The van der Waals surface area contributed by atoms with Crippen LogP contribution < -0.4 is 15.5 Å². The number of hydrogen-bond acceptors (Lipinski definition) is 10. The lowest BCUT2D eigenvalue weighted by atomic mass is 9.85. The first kappa shape index (κ1) is 50.7. The van der Waals surface area contributed by atoms with Gasteiger partial charge in [-0.25, -0.2) is 9.97 Å². The molecule has 0 unspecified atom stereocenters. The van der Waals surface area contributed by atoms with Gasteiger partial charge in [-0.3, -0.25) is 19.3 Å². The maximum Gasteiger partial charge on any atom is 0.246 e. The minimum atomic E-state index is -0.780. The van der Waals surface area contributed by atoms with E-state index in [0.29, 0.717) is 18.9 Å². The molecular formula is C55H68BrN9O4S. The number of benzene rings is 3. The molecule has 8 rings (SSSR count). The first-order chi connectivity index (χ1) is 33.4. The van der Waals surface area contributed by atoms with Crippen LogP contribution in [0.25, 0.3) is 27.3 Å². The number of amides is 3. The van der Waals surface area contributed by atoms with Crippen LogP contribution >= 0.6 is 27.3 Å². The summed E-state index contributed by atoms with van der Waals surface area (Å²) in [5.74, 6) is 0.937. The van der Waals surface area contributed by atoms with Gasteiger partial charge in [0.15, 0.2) is 0 Å². The van der Waals surface area contributed by atoms with Gasteiger partial charge in [0.2, 0.25) is 17.7 Å². The van der Waals surface area contributed by atoms with Crippen molar-refractivity contribution in [1.29, 1.82) is 0 Å². The normalized spacial score (nSPS) is 17.7. The molecule has 3 aromatic carbocycles. The van der Waals surface area contributed by atoms with Crippen molar-refractivity contribution in [1.82, 2.24) is 40.1 Å². The van der Waals surface area contributed by atoms with Crippen molar-refractivity contribution in [3.63, 3.8) is 0 Å². The van der Waals surface area contributed by atoms with Gasteiger partial charge in [-0.2, -0.15) is 0 Å². The van der Waals surface area contributed by atoms with Crippen LogP contribution in [-0.2, 0) is 14.4 Å². The van der Waals surface area contributed by atoms with Crippen molar-refractivity contribution in [3.8, 4) is 27.3 Å². The second kappa shape index (κ2) is 21.8. The number of halogens is 1. The van der Waals surface area contributed by atoms with Gasteiger partial charge in [0.05, 0.1) is 46.4 Å². The number of likely N-dealkylation sites (tertiary alicyclic amines) is 2. The predicted molar refractivity (Wildman–Crippen MR) is 282 cm³/mol. The molecule has 0 radical (unpaired) electrons. The number of nitrogens with one attached hydrogen (secondary N) is 2. The Morgan fingerprint density at radius 3 is 2.34 bits per heavy atom. The number of anilines is 2. The summed E-state index contributed by atoms with van der Waals surface area (Å²) < 4.78 is 8.54. The zero-order valence-corrected chi connectivity index (χ0v) is 44.5. The average molecular weight is 1030 g/mol. The molecule has 0 aliphatic carbocycles. The summed E-state index contributed by atoms with van der Waals surface area (Å²) >= 11 is 5.47. The van der Waals surface area contributed by atoms with Gasteiger partial charge >= 0.3 is 0 Å². The zero-order chi connectivity index (χ0) is 49.9. The van der Waals surface area contributed by atoms with Gasteiger partial charge in [0, 0.05) is 46.9 Å². The number of hydrogen-bond donors (Lipinski definition) is 2. The Morgan fingerprint density at radius 1 is 0.957 bits per heavy atom. The van der Waals surface area contributed by atoms with E-state index >= 15 is 0 Å². The second-order valence-electron chi connectivity index (χ2n) is 20.7. The van der Waals surface area contributed by atoms with Crippen molar-refractivity contribution in [2.45, 2.75) is 113 Å². The summed E-state index contributed by atoms with van der Waals surface area (Å²) in [6.45, 7) is 21.2. The van der Waals surface area contributed by atoms with Crippen LogP contribution in [0.5, 0.6) is 0 Å². The largest absolute Gasteiger partial charge is 0.361 e. The molecule has 13 nitrogen and oxygen atoms in total. The summed E-state index contributed by atoms with van der Waals surface area (Å²) in [5, 5.41) is 10.6. The summed E-state index contributed by atoms with van der Waals surface area (Å²) in [5.41, 5.74) is 11.8.